The van der Waals surface area contributed by atoms with E-state index in [-0.39, 0.29) is 0 Å². The van der Waals surface area contributed by atoms with Crippen molar-refractivity contribution in [3.63, 3.8) is 0 Å². The van der Waals surface area contributed by atoms with E-state index in [2.05, 4.69) is 29.8 Å². The van der Waals surface area contributed by atoms with Crippen LogP contribution in [0.3, 0.4) is 0 Å². The third-order valence-corrected chi connectivity index (χ3v) is 3.18. The molecule has 0 radical (unpaired) electrons. The van der Waals surface area contributed by atoms with Crippen molar-refractivity contribution in [2.45, 2.75) is 13.0 Å². The Balaban J connectivity index is 1.87. The minimum atomic E-state index is 0.846. The summed E-state index contributed by atoms with van der Waals surface area (Å²) in [6.07, 6.45) is 3.20. The van der Waals surface area contributed by atoms with Crippen LogP contribution >= 0.6 is 11.8 Å². The largest absolute Gasteiger partial charge is 0.493 e. The lowest BCUT2D eigenvalue weighted by atomic mass is 10.1. The Labute approximate surface area is 95.4 Å². The van der Waals surface area contributed by atoms with E-state index in [4.69, 9.17) is 4.74 Å². The number of rotatable bonds is 5. The molecule has 15 heavy (non-hydrogen) atoms. The van der Waals surface area contributed by atoms with E-state index in [0.717, 1.165) is 31.9 Å². The van der Waals surface area contributed by atoms with Gasteiger partial charge in [-0.3, -0.25) is 0 Å². The van der Waals surface area contributed by atoms with Gasteiger partial charge in [-0.05, 0) is 23.4 Å². The maximum Gasteiger partial charge on any atom is 0.122 e. The van der Waals surface area contributed by atoms with Gasteiger partial charge in [-0.15, -0.1) is 0 Å². The molecular formula is C12H17NOS. The van der Waals surface area contributed by atoms with Crippen LogP contribution in [0, 0.1) is 0 Å². The van der Waals surface area contributed by atoms with E-state index in [1.807, 2.05) is 11.8 Å². The molecule has 0 saturated heterocycles. The number of benzene rings is 1. The molecule has 0 spiro atoms. The van der Waals surface area contributed by atoms with Gasteiger partial charge in [0.25, 0.3) is 0 Å². The molecule has 0 saturated carbocycles. The molecule has 0 fully saturated rings. The summed E-state index contributed by atoms with van der Waals surface area (Å²) in [5, 5.41) is 3.43. The Hall–Kier alpha value is -0.670. The van der Waals surface area contributed by atoms with Gasteiger partial charge in [0.15, 0.2) is 0 Å². The number of fused-ring (bicyclic) bond motifs is 1. The van der Waals surface area contributed by atoms with Crippen LogP contribution in [0.15, 0.2) is 18.2 Å². The average molecular weight is 223 g/mol. The SMILES string of the molecule is CSCCNCc1ccc2c(c1)CCO2. The van der Waals surface area contributed by atoms with Gasteiger partial charge in [-0.2, -0.15) is 11.8 Å². The maximum absolute atomic E-state index is 5.47. The molecule has 0 aliphatic carbocycles. The smallest absolute Gasteiger partial charge is 0.122 e. The second kappa shape index (κ2) is 5.42. The van der Waals surface area contributed by atoms with Crippen LogP contribution < -0.4 is 10.1 Å². The molecule has 3 heteroatoms. The summed E-state index contributed by atoms with van der Waals surface area (Å²) in [7, 11) is 0. The Bertz CT molecular complexity index is 327. The van der Waals surface area contributed by atoms with E-state index < -0.39 is 0 Å². The predicted octanol–water partition coefficient (Wildman–Crippen LogP) is 2.07. The van der Waals surface area contributed by atoms with Crippen LogP contribution in [-0.2, 0) is 13.0 Å². The van der Waals surface area contributed by atoms with Crippen molar-refractivity contribution < 1.29 is 4.74 Å². The van der Waals surface area contributed by atoms with Gasteiger partial charge in [0, 0.05) is 25.3 Å². The fraction of sp³-hybridized carbons (Fsp3) is 0.500. The summed E-state index contributed by atoms with van der Waals surface area (Å²) in [4.78, 5) is 0. The second-order valence-corrected chi connectivity index (χ2v) is 4.70. The van der Waals surface area contributed by atoms with E-state index in [1.165, 1.54) is 16.9 Å². The summed E-state index contributed by atoms with van der Waals surface area (Å²) < 4.78 is 5.47. The minimum absolute atomic E-state index is 0.846. The summed E-state index contributed by atoms with van der Waals surface area (Å²) in [6.45, 7) is 2.89. The molecule has 1 N–H and O–H groups in total. The van der Waals surface area contributed by atoms with Crippen LogP contribution in [0.1, 0.15) is 11.1 Å². The second-order valence-electron chi connectivity index (χ2n) is 3.71. The normalized spacial score (nSPS) is 13.7. The zero-order valence-electron chi connectivity index (χ0n) is 9.08. The molecule has 0 unspecified atom stereocenters. The molecule has 0 bridgehead atoms. The monoisotopic (exact) mass is 223 g/mol. The highest BCUT2D eigenvalue weighted by atomic mass is 32.2. The van der Waals surface area contributed by atoms with Gasteiger partial charge in [-0.1, -0.05) is 12.1 Å². The summed E-state index contributed by atoms with van der Waals surface area (Å²) >= 11 is 1.87. The van der Waals surface area contributed by atoms with Gasteiger partial charge in [0.1, 0.15) is 5.75 Å². The molecule has 1 heterocycles. The highest BCUT2D eigenvalue weighted by Crippen LogP contribution is 2.25. The minimum Gasteiger partial charge on any atom is -0.493 e. The highest BCUT2D eigenvalue weighted by molar-refractivity contribution is 7.98. The summed E-state index contributed by atoms with van der Waals surface area (Å²) in [5.74, 6) is 2.25. The fourth-order valence-corrected chi connectivity index (χ4v) is 2.11. The van der Waals surface area contributed by atoms with E-state index in [0.29, 0.717) is 0 Å². The molecule has 0 atom stereocenters. The first kappa shape index (κ1) is 10.8. The molecule has 0 aromatic heterocycles. The van der Waals surface area contributed by atoms with Gasteiger partial charge in [0.2, 0.25) is 0 Å². The molecule has 1 aromatic carbocycles. The first-order valence-electron chi connectivity index (χ1n) is 5.34. The molecule has 1 aliphatic heterocycles. The number of nitrogens with one attached hydrogen (secondary N) is 1. The van der Waals surface area contributed by atoms with Crippen molar-refractivity contribution in [3.8, 4) is 5.75 Å². The van der Waals surface area contributed by atoms with E-state index >= 15 is 0 Å². The van der Waals surface area contributed by atoms with Crippen molar-refractivity contribution in [1.29, 1.82) is 0 Å². The Morgan fingerprint density at radius 3 is 3.27 bits per heavy atom. The molecule has 1 aliphatic rings. The van der Waals surface area contributed by atoms with Gasteiger partial charge >= 0.3 is 0 Å². The first-order valence-corrected chi connectivity index (χ1v) is 6.74. The molecule has 1 aromatic rings. The van der Waals surface area contributed by atoms with Gasteiger partial charge in [0.05, 0.1) is 6.61 Å². The standard InChI is InChI=1S/C12H17NOS/c1-15-7-5-13-9-10-2-3-12-11(8-10)4-6-14-12/h2-3,8,13H,4-7,9H2,1H3. The van der Waals surface area contributed by atoms with Crippen molar-refractivity contribution in [2.24, 2.45) is 0 Å². The average Bonchev–Trinajstić information content (AvgIpc) is 2.71. The van der Waals surface area contributed by atoms with Crippen LogP contribution in [0.4, 0.5) is 0 Å². The van der Waals surface area contributed by atoms with Crippen molar-refractivity contribution in [3.05, 3.63) is 29.3 Å². The zero-order valence-corrected chi connectivity index (χ0v) is 9.90. The lowest BCUT2D eigenvalue weighted by molar-refractivity contribution is 0.357. The lowest BCUT2D eigenvalue weighted by Gasteiger charge is -2.05. The molecule has 0 amide bonds. The van der Waals surface area contributed by atoms with E-state index in [9.17, 15) is 0 Å². The predicted molar refractivity (Wildman–Crippen MR) is 65.7 cm³/mol. The number of thioether (sulfide) groups is 1. The number of hydrogen-bond acceptors (Lipinski definition) is 3. The van der Waals surface area contributed by atoms with Gasteiger partial charge in [-0.25, -0.2) is 0 Å². The summed E-state index contributed by atoms with van der Waals surface area (Å²) in [6, 6.07) is 6.50. The summed E-state index contributed by atoms with van der Waals surface area (Å²) in [5.41, 5.74) is 2.72. The third-order valence-electron chi connectivity index (χ3n) is 2.57. The van der Waals surface area contributed by atoms with Crippen LogP contribution in [0.2, 0.25) is 0 Å². The third kappa shape index (κ3) is 2.89. The Morgan fingerprint density at radius 1 is 1.47 bits per heavy atom. The molecule has 2 rings (SSSR count). The zero-order chi connectivity index (χ0) is 10.5. The number of ether oxygens (including phenoxy) is 1. The fourth-order valence-electron chi connectivity index (χ4n) is 1.76. The molecule has 82 valence electrons. The maximum atomic E-state index is 5.47. The first-order chi connectivity index (χ1) is 7.40. The van der Waals surface area contributed by atoms with Crippen LogP contribution in [0.25, 0.3) is 0 Å². The van der Waals surface area contributed by atoms with Crippen molar-refractivity contribution in [1.82, 2.24) is 5.32 Å². The van der Waals surface area contributed by atoms with Crippen LogP contribution in [-0.4, -0.2) is 25.2 Å². The van der Waals surface area contributed by atoms with Crippen molar-refractivity contribution in [2.75, 3.05) is 25.2 Å². The quantitative estimate of drug-likeness (QED) is 0.772. The Kier molecular flexibility index (Phi) is 3.92. The van der Waals surface area contributed by atoms with E-state index in [1.54, 1.807) is 0 Å². The molecular weight excluding hydrogens is 206 g/mol. The highest BCUT2D eigenvalue weighted by Gasteiger charge is 2.11. The van der Waals surface area contributed by atoms with Gasteiger partial charge < -0.3 is 10.1 Å². The molecule has 2 nitrogen and oxygen atoms in total. The van der Waals surface area contributed by atoms with Crippen LogP contribution in [0.5, 0.6) is 5.75 Å². The Morgan fingerprint density at radius 2 is 2.40 bits per heavy atom. The number of hydrogen-bond donors (Lipinski definition) is 1. The van der Waals surface area contributed by atoms with Crippen molar-refractivity contribution >= 4 is 11.8 Å². The topological polar surface area (TPSA) is 21.3 Å². The lowest BCUT2D eigenvalue weighted by Crippen LogP contribution is -2.16.